The lowest BCUT2D eigenvalue weighted by atomic mass is 10.2. The molecule has 1 aromatic carbocycles. The summed E-state index contributed by atoms with van der Waals surface area (Å²) in [5, 5.41) is 1.16. The van der Waals surface area contributed by atoms with Crippen LogP contribution in [0.4, 0.5) is 0 Å². The highest BCUT2D eigenvalue weighted by Gasteiger charge is 2.13. The van der Waals surface area contributed by atoms with Crippen LogP contribution in [0, 0.1) is 0 Å². The van der Waals surface area contributed by atoms with E-state index in [0.29, 0.717) is 6.61 Å². The van der Waals surface area contributed by atoms with Crippen LogP contribution in [-0.4, -0.2) is 17.1 Å². The Labute approximate surface area is 94.9 Å². The number of amides is 1. The van der Waals surface area contributed by atoms with Crippen molar-refractivity contribution in [2.75, 3.05) is 0 Å². The topological polar surface area (TPSA) is 81.6 Å². The maximum atomic E-state index is 10.7. The van der Waals surface area contributed by atoms with Gasteiger partial charge in [0.05, 0.1) is 12.6 Å². The number of carbonyl (C=O) groups excluding carboxylic acids is 1. The summed E-state index contributed by atoms with van der Waals surface area (Å²) in [5.74, 6) is 5.22. The van der Waals surface area contributed by atoms with Gasteiger partial charge in [-0.3, -0.25) is 9.63 Å². The third-order valence-corrected chi connectivity index (χ3v) is 2.15. The van der Waals surface area contributed by atoms with E-state index in [4.69, 9.17) is 16.4 Å². The Morgan fingerprint density at radius 1 is 1.44 bits per heavy atom. The van der Waals surface area contributed by atoms with Crippen LogP contribution in [0.15, 0.2) is 30.3 Å². The van der Waals surface area contributed by atoms with E-state index >= 15 is 0 Å². The van der Waals surface area contributed by atoms with E-state index in [1.807, 2.05) is 30.3 Å². The van der Waals surface area contributed by atoms with Crippen molar-refractivity contribution < 1.29 is 9.63 Å². The van der Waals surface area contributed by atoms with Gasteiger partial charge >= 0.3 is 0 Å². The first-order valence-electron chi connectivity index (χ1n) is 5.08. The highest BCUT2D eigenvalue weighted by molar-refractivity contribution is 5.74. The fraction of sp³-hybridized carbons (Fsp3) is 0.364. The molecular weight excluding hydrogens is 206 g/mol. The van der Waals surface area contributed by atoms with Gasteiger partial charge in [0.25, 0.3) is 0 Å². The van der Waals surface area contributed by atoms with E-state index in [-0.39, 0.29) is 12.5 Å². The van der Waals surface area contributed by atoms with Gasteiger partial charge in [0, 0.05) is 6.42 Å². The van der Waals surface area contributed by atoms with Crippen molar-refractivity contribution in [2.45, 2.75) is 26.0 Å². The average molecular weight is 223 g/mol. The largest absolute Gasteiger partial charge is 0.370 e. The maximum absolute atomic E-state index is 10.7. The van der Waals surface area contributed by atoms with Crippen molar-refractivity contribution in [2.24, 2.45) is 11.6 Å². The monoisotopic (exact) mass is 223 g/mol. The molecule has 1 amide bonds. The summed E-state index contributed by atoms with van der Waals surface area (Å²) in [5.41, 5.74) is 6.08. The van der Waals surface area contributed by atoms with Gasteiger partial charge in [-0.1, -0.05) is 30.3 Å². The van der Waals surface area contributed by atoms with Crippen molar-refractivity contribution in [3.8, 4) is 0 Å². The summed E-state index contributed by atoms with van der Waals surface area (Å²) in [6.45, 7) is 2.15. The fourth-order valence-corrected chi connectivity index (χ4v) is 1.23. The number of nitrogens with zero attached hydrogens (tertiary/aromatic N) is 1. The quantitative estimate of drug-likeness (QED) is 0.545. The van der Waals surface area contributed by atoms with Gasteiger partial charge < -0.3 is 5.73 Å². The Bertz CT molecular complexity index is 329. The molecule has 0 radical (unpaired) electrons. The molecule has 5 heteroatoms. The number of primary amides is 1. The van der Waals surface area contributed by atoms with Gasteiger partial charge in [-0.05, 0) is 12.5 Å². The molecule has 0 aliphatic rings. The number of hydrogen-bond acceptors (Lipinski definition) is 4. The Balaban J connectivity index is 2.35. The SMILES string of the molecule is C[C@@H](CC(N)=O)N(N)OCc1ccccc1. The number of hydrogen-bond donors (Lipinski definition) is 2. The van der Waals surface area contributed by atoms with Crippen LogP contribution in [0.2, 0.25) is 0 Å². The summed E-state index contributed by atoms with van der Waals surface area (Å²) in [6, 6.07) is 9.42. The Hall–Kier alpha value is -1.43. The second-order valence-electron chi connectivity index (χ2n) is 3.64. The first-order valence-corrected chi connectivity index (χ1v) is 5.08. The smallest absolute Gasteiger partial charge is 0.219 e. The first-order chi connectivity index (χ1) is 7.59. The van der Waals surface area contributed by atoms with Crippen molar-refractivity contribution in [3.05, 3.63) is 35.9 Å². The van der Waals surface area contributed by atoms with Gasteiger partial charge in [-0.25, -0.2) is 5.84 Å². The molecule has 0 aliphatic carbocycles. The number of benzene rings is 1. The molecule has 0 saturated heterocycles. The van der Waals surface area contributed by atoms with Crippen molar-refractivity contribution in [3.63, 3.8) is 0 Å². The second kappa shape index (κ2) is 6.22. The molecule has 1 atom stereocenters. The van der Waals surface area contributed by atoms with Crippen LogP contribution in [0.1, 0.15) is 18.9 Å². The molecule has 0 heterocycles. The van der Waals surface area contributed by atoms with E-state index < -0.39 is 5.91 Å². The minimum absolute atomic E-state index is 0.172. The molecule has 0 unspecified atom stereocenters. The van der Waals surface area contributed by atoms with Crippen LogP contribution in [0.5, 0.6) is 0 Å². The summed E-state index contributed by atoms with van der Waals surface area (Å²) in [6.07, 6.45) is 0.172. The predicted octanol–water partition coefficient (Wildman–Crippen LogP) is 0.558. The average Bonchev–Trinajstić information content (AvgIpc) is 2.26. The van der Waals surface area contributed by atoms with Gasteiger partial charge in [-0.15, -0.1) is 5.17 Å². The minimum Gasteiger partial charge on any atom is -0.370 e. The van der Waals surface area contributed by atoms with Gasteiger partial charge in [-0.2, -0.15) is 0 Å². The summed E-state index contributed by atoms with van der Waals surface area (Å²) in [7, 11) is 0. The molecule has 16 heavy (non-hydrogen) atoms. The van der Waals surface area contributed by atoms with E-state index in [2.05, 4.69) is 0 Å². The third-order valence-electron chi connectivity index (χ3n) is 2.15. The molecule has 0 aromatic heterocycles. The molecule has 0 saturated carbocycles. The molecule has 0 fully saturated rings. The summed E-state index contributed by atoms with van der Waals surface area (Å²) >= 11 is 0. The Morgan fingerprint density at radius 3 is 2.62 bits per heavy atom. The molecular formula is C11H17N3O2. The van der Waals surface area contributed by atoms with Crippen molar-refractivity contribution in [1.29, 1.82) is 0 Å². The zero-order valence-corrected chi connectivity index (χ0v) is 9.30. The summed E-state index contributed by atoms with van der Waals surface area (Å²) < 4.78 is 0. The lowest BCUT2D eigenvalue weighted by molar-refractivity contribution is -0.197. The van der Waals surface area contributed by atoms with E-state index in [1.165, 1.54) is 0 Å². The molecule has 0 bridgehead atoms. The number of hydroxylamine groups is 1. The molecule has 4 N–H and O–H groups in total. The van der Waals surface area contributed by atoms with Crippen LogP contribution >= 0.6 is 0 Å². The minimum atomic E-state index is -0.397. The molecule has 88 valence electrons. The highest BCUT2D eigenvalue weighted by atomic mass is 16.7. The van der Waals surface area contributed by atoms with Crippen molar-refractivity contribution >= 4 is 5.91 Å². The van der Waals surface area contributed by atoms with E-state index in [1.54, 1.807) is 6.92 Å². The number of carbonyl (C=O) groups is 1. The lowest BCUT2D eigenvalue weighted by Gasteiger charge is -2.22. The third kappa shape index (κ3) is 4.39. The number of hydrazine groups is 1. The van der Waals surface area contributed by atoms with Crippen LogP contribution in [0.3, 0.4) is 0 Å². The number of rotatable bonds is 6. The van der Waals surface area contributed by atoms with Gasteiger partial charge in [0.2, 0.25) is 5.91 Å². The molecule has 1 aromatic rings. The van der Waals surface area contributed by atoms with Crippen molar-refractivity contribution in [1.82, 2.24) is 5.17 Å². The molecule has 0 spiro atoms. The summed E-state index contributed by atoms with van der Waals surface area (Å²) in [4.78, 5) is 16.0. The molecule has 0 aliphatic heterocycles. The maximum Gasteiger partial charge on any atom is 0.219 e. The number of nitrogens with two attached hydrogens (primary N) is 2. The van der Waals surface area contributed by atoms with E-state index in [0.717, 1.165) is 10.7 Å². The zero-order chi connectivity index (χ0) is 12.0. The Kier molecular flexibility index (Phi) is 4.91. The van der Waals surface area contributed by atoms with E-state index in [9.17, 15) is 4.79 Å². The zero-order valence-electron chi connectivity index (χ0n) is 9.30. The second-order valence-corrected chi connectivity index (χ2v) is 3.64. The molecule has 1 rings (SSSR count). The lowest BCUT2D eigenvalue weighted by Crippen LogP contribution is -2.41. The Morgan fingerprint density at radius 2 is 2.06 bits per heavy atom. The normalized spacial score (nSPS) is 12.7. The van der Waals surface area contributed by atoms with Crippen LogP contribution in [-0.2, 0) is 16.2 Å². The van der Waals surface area contributed by atoms with Gasteiger partial charge in [0.1, 0.15) is 0 Å². The highest BCUT2D eigenvalue weighted by Crippen LogP contribution is 2.04. The van der Waals surface area contributed by atoms with Crippen LogP contribution < -0.4 is 11.6 Å². The molecule has 5 nitrogen and oxygen atoms in total. The van der Waals surface area contributed by atoms with Gasteiger partial charge in [0.15, 0.2) is 0 Å². The van der Waals surface area contributed by atoms with Crippen LogP contribution in [0.25, 0.3) is 0 Å². The fourth-order valence-electron chi connectivity index (χ4n) is 1.23. The first kappa shape index (κ1) is 12.6. The predicted molar refractivity (Wildman–Crippen MR) is 60.5 cm³/mol. The standard InChI is InChI=1S/C11H17N3O2/c1-9(7-11(12)15)14(13)16-8-10-5-3-2-4-6-10/h2-6,9H,7-8,13H2,1H3,(H2,12,15)/t9-/m0/s1.